The number of ether oxygens (including phenoxy) is 1. The molecule has 3 heterocycles. The highest BCUT2D eigenvalue weighted by Gasteiger charge is 2.23. The van der Waals surface area contributed by atoms with Crippen LogP contribution in [-0.2, 0) is 4.74 Å². The summed E-state index contributed by atoms with van der Waals surface area (Å²) in [5.41, 5.74) is 3.52. The summed E-state index contributed by atoms with van der Waals surface area (Å²) in [5.74, 6) is 6.34. The van der Waals surface area contributed by atoms with E-state index in [1.54, 1.807) is 24.5 Å². The number of rotatable bonds is 3. The minimum atomic E-state index is -0.932. The van der Waals surface area contributed by atoms with Gasteiger partial charge in [0.25, 0.3) is 0 Å². The number of anilines is 1. The quantitative estimate of drug-likeness (QED) is 0.492. The van der Waals surface area contributed by atoms with Crippen molar-refractivity contribution in [2.75, 3.05) is 38.2 Å². The highest BCUT2D eigenvalue weighted by Crippen LogP contribution is 2.25. The first-order valence-electron chi connectivity index (χ1n) is 10.4. The van der Waals surface area contributed by atoms with Crippen molar-refractivity contribution in [2.45, 2.75) is 0 Å². The largest absolute Gasteiger partial charge is 0.465 e. The molecule has 0 atom stereocenters. The van der Waals surface area contributed by atoms with E-state index in [1.807, 2.05) is 41.3 Å². The van der Waals surface area contributed by atoms with Crippen molar-refractivity contribution in [1.82, 2.24) is 14.9 Å². The second-order valence-electron chi connectivity index (χ2n) is 7.42. The summed E-state index contributed by atoms with van der Waals surface area (Å²) in [7, 11) is 1.34. The van der Waals surface area contributed by atoms with Crippen LogP contribution in [0.5, 0.6) is 0 Å². The third kappa shape index (κ3) is 5.28. The number of aromatic nitrogens is 2. The summed E-state index contributed by atoms with van der Waals surface area (Å²) >= 11 is 0. The number of hydrogen-bond acceptors (Lipinski definition) is 6. The number of benzene rings is 1. The predicted octanol–water partition coefficient (Wildman–Crippen LogP) is 3.13. The molecule has 1 aliphatic rings. The van der Waals surface area contributed by atoms with Gasteiger partial charge in [0.2, 0.25) is 0 Å². The van der Waals surface area contributed by atoms with Gasteiger partial charge in [-0.05, 0) is 36.4 Å². The molecule has 0 unspecified atom stereocenters. The number of nitrogens with zero attached hydrogens (tertiary/aromatic N) is 4. The number of amides is 1. The molecule has 1 saturated heterocycles. The molecule has 1 fully saturated rings. The molecule has 0 spiro atoms. The lowest BCUT2D eigenvalue weighted by Crippen LogP contribution is -2.48. The summed E-state index contributed by atoms with van der Waals surface area (Å²) in [6, 6.07) is 14.7. The number of carboxylic acid groups (broad SMARTS) is 1. The minimum Gasteiger partial charge on any atom is -0.465 e. The van der Waals surface area contributed by atoms with Crippen LogP contribution in [0.15, 0.2) is 60.9 Å². The van der Waals surface area contributed by atoms with Gasteiger partial charge in [-0.15, -0.1) is 0 Å². The maximum Gasteiger partial charge on any atom is 0.407 e. The summed E-state index contributed by atoms with van der Waals surface area (Å²) in [5, 5.41) is 9.18. The normalized spacial score (nSPS) is 13.1. The lowest BCUT2D eigenvalue weighted by atomic mass is 10.1. The molecule has 0 saturated carbocycles. The van der Waals surface area contributed by atoms with E-state index in [4.69, 9.17) is 9.72 Å². The Morgan fingerprint density at radius 1 is 1.00 bits per heavy atom. The SMILES string of the molecule is COC(=O)c1cc(-c2ccc(C#Cc3cccnc3)cc2)nc(N2CCN(C(=O)O)CC2)c1. The molecule has 8 nitrogen and oxygen atoms in total. The molecule has 0 bridgehead atoms. The van der Waals surface area contributed by atoms with Crippen molar-refractivity contribution in [3.63, 3.8) is 0 Å². The van der Waals surface area contributed by atoms with E-state index < -0.39 is 12.1 Å². The van der Waals surface area contributed by atoms with Crippen molar-refractivity contribution >= 4 is 17.9 Å². The van der Waals surface area contributed by atoms with Gasteiger partial charge in [-0.3, -0.25) is 4.98 Å². The second kappa shape index (κ2) is 9.83. The Hall–Kier alpha value is -4.38. The van der Waals surface area contributed by atoms with Gasteiger partial charge in [-0.25, -0.2) is 14.6 Å². The Kier molecular flexibility index (Phi) is 6.51. The first-order valence-corrected chi connectivity index (χ1v) is 10.4. The summed E-state index contributed by atoms with van der Waals surface area (Å²) < 4.78 is 4.92. The smallest absolute Gasteiger partial charge is 0.407 e. The number of esters is 1. The average Bonchev–Trinajstić information content (AvgIpc) is 2.87. The number of methoxy groups -OCH3 is 1. The van der Waals surface area contributed by atoms with Crippen LogP contribution in [-0.4, -0.2) is 65.3 Å². The van der Waals surface area contributed by atoms with Gasteiger partial charge in [-0.1, -0.05) is 24.0 Å². The molecule has 4 rings (SSSR count). The van der Waals surface area contributed by atoms with Crippen LogP contribution in [0, 0.1) is 11.8 Å². The van der Waals surface area contributed by atoms with Crippen molar-refractivity contribution < 1.29 is 19.4 Å². The van der Waals surface area contributed by atoms with E-state index in [9.17, 15) is 14.7 Å². The second-order valence-corrected chi connectivity index (χ2v) is 7.42. The molecule has 0 radical (unpaired) electrons. The van der Waals surface area contributed by atoms with Gasteiger partial charge in [0.15, 0.2) is 0 Å². The van der Waals surface area contributed by atoms with Crippen LogP contribution < -0.4 is 4.90 Å². The zero-order valence-electron chi connectivity index (χ0n) is 18.1. The molecule has 8 heteroatoms. The van der Waals surface area contributed by atoms with Gasteiger partial charge in [0, 0.05) is 55.3 Å². The summed E-state index contributed by atoms with van der Waals surface area (Å²) in [4.78, 5) is 35.6. The van der Waals surface area contributed by atoms with Gasteiger partial charge in [-0.2, -0.15) is 0 Å². The highest BCUT2D eigenvalue weighted by atomic mass is 16.5. The first kappa shape index (κ1) is 21.8. The zero-order chi connectivity index (χ0) is 23.2. The van der Waals surface area contributed by atoms with Crippen molar-refractivity contribution in [1.29, 1.82) is 0 Å². The van der Waals surface area contributed by atoms with Crippen LogP contribution in [0.3, 0.4) is 0 Å². The van der Waals surface area contributed by atoms with E-state index in [2.05, 4.69) is 16.8 Å². The fourth-order valence-corrected chi connectivity index (χ4v) is 3.49. The molecule has 166 valence electrons. The fraction of sp³-hybridized carbons (Fsp3) is 0.200. The molecular formula is C25H22N4O4. The highest BCUT2D eigenvalue weighted by molar-refractivity contribution is 5.91. The van der Waals surface area contributed by atoms with Crippen LogP contribution in [0.2, 0.25) is 0 Å². The number of carbonyl (C=O) groups excluding carboxylic acids is 1. The maximum absolute atomic E-state index is 12.3. The standard InChI is InChI=1S/C25H22N4O4/c1-33-24(30)21-15-22(27-23(16-21)28-11-13-29(14-12-28)25(31)32)20-8-6-18(7-9-20)4-5-19-3-2-10-26-17-19/h2-3,6-10,15-17H,11-14H2,1H3,(H,31,32). The zero-order valence-corrected chi connectivity index (χ0v) is 18.1. The molecular weight excluding hydrogens is 420 g/mol. The van der Waals surface area contributed by atoms with Crippen LogP contribution in [0.25, 0.3) is 11.3 Å². The Labute approximate surface area is 191 Å². The van der Waals surface area contributed by atoms with Crippen molar-refractivity contribution in [3.8, 4) is 23.1 Å². The molecule has 1 aromatic carbocycles. The van der Waals surface area contributed by atoms with Gasteiger partial charge in [0.1, 0.15) is 5.82 Å². The number of pyridine rings is 2. The molecule has 1 aliphatic heterocycles. The van der Waals surface area contributed by atoms with Crippen molar-refractivity contribution in [3.05, 3.63) is 77.6 Å². The van der Waals surface area contributed by atoms with Crippen LogP contribution in [0.4, 0.5) is 10.6 Å². The van der Waals surface area contributed by atoms with Crippen LogP contribution in [0.1, 0.15) is 21.5 Å². The lowest BCUT2D eigenvalue weighted by Gasteiger charge is -2.34. The van der Waals surface area contributed by atoms with Crippen molar-refractivity contribution in [2.24, 2.45) is 0 Å². The monoisotopic (exact) mass is 442 g/mol. The summed E-state index contributed by atoms with van der Waals surface area (Å²) in [6.07, 6.45) is 2.48. The number of hydrogen-bond donors (Lipinski definition) is 1. The Morgan fingerprint density at radius 2 is 1.73 bits per heavy atom. The molecule has 3 aromatic rings. The van der Waals surface area contributed by atoms with E-state index >= 15 is 0 Å². The maximum atomic E-state index is 12.3. The Balaban J connectivity index is 1.60. The predicted molar refractivity (Wildman–Crippen MR) is 123 cm³/mol. The van der Waals surface area contributed by atoms with Gasteiger partial charge >= 0.3 is 12.1 Å². The third-order valence-corrected chi connectivity index (χ3v) is 5.30. The Bertz CT molecular complexity index is 1210. The molecule has 33 heavy (non-hydrogen) atoms. The number of carbonyl (C=O) groups is 2. The molecule has 0 aliphatic carbocycles. The fourth-order valence-electron chi connectivity index (χ4n) is 3.49. The first-order chi connectivity index (χ1) is 16.0. The number of piperazine rings is 1. The average molecular weight is 442 g/mol. The van der Waals surface area contributed by atoms with Gasteiger partial charge < -0.3 is 19.6 Å². The molecule has 1 amide bonds. The topological polar surface area (TPSA) is 95.9 Å². The van der Waals surface area contributed by atoms with E-state index in [1.165, 1.54) is 12.0 Å². The molecule has 1 N–H and O–H groups in total. The Morgan fingerprint density at radius 3 is 2.36 bits per heavy atom. The minimum absolute atomic E-state index is 0.374. The third-order valence-electron chi connectivity index (χ3n) is 5.30. The van der Waals surface area contributed by atoms with E-state index in [0.717, 1.165) is 16.7 Å². The van der Waals surface area contributed by atoms with Gasteiger partial charge in [0.05, 0.1) is 18.4 Å². The molecule has 2 aromatic heterocycles. The summed E-state index contributed by atoms with van der Waals surface area (Å²) in [6.45, 7) is 1.73. The van der Waals surface area contributed by atoms with E-state index in [0.29, 0.717) is 43.3 Å². The van der Waals surface area contributed by atoms with Crippen LogP contribution >= 0.6 is 0 Å². The van der Waals surface area contributed by atoms with E-state index in [-0.39, 0.29) is 0 Å². The lowest BCUT2D eigenvalue weighted by molar-refractivity contribution is 0.0600.